The van der Waals surface area contributed by atoms with Crippen LogP contribution in [0.2, 0.25) is 0 Å². The highest BCUT2D eigenvalue weighted by Gasteiger charge is 2.27. The monoisotopic (exact) mass is 255 g/mol. The molecule has 1 fully saturated rings. The fourth-order valence-corrected chi connectivity index (χ4v) is 2.53. The van der Waals surface area contributed by atoms with E-state index in [1.165, 1.54) is 26.2 Å². The molecule has 0 saturated heterocycles. The highest BCUT2D eigenvalue weighted by atomic mass is 16.5. The Morgan fingerprint density at radius 1 is 1.33 bits per heavy atom. The molecular formula is C14H25NO3. The first-order chi connectivity index (χ1) is 8.54. The number of hydrogen-bond acceptors (Lipinski definition) is 4. The zero-order valence-electron chi connectivity index (χ0n) is 11.7. The lowest BCUT2D eigenvalue weighted by Gasteiger charge is -2.32. The summed E-state index contributed by atoms with van der Waals surface area (Å²) in [5.41, 5.74) is 0. The average Bonchev–Trinajstić information content (AvgIpc) is 2.31. The highest BCUT2D eigenvalue weighted by Crippen LogP contribution is 2.24. The van der Waals surface area contributed by atoms with Crippen LogP contribution in [0.15, 0.2) is 0 Å². The minimum Gasteiger partial charge on any atom is -0.466 e. The summed E-state index contributed by atoms with van der Waals surface area (Å²) in [5, 5.41) is 3.34. The third-order valence-electron chi connectivity index (χ3n) is 3.69. The molecule has 0 aromatic heterocycles. The van der Waals surface area contributed by atoms with Crippen LogP contribution in [0.5, 0.6) is 0 Å². The summed E-state index contributed by atoms with van der Waals surface area (Å²) in [6, 6.07) is -0.0447. The summed E-state index contributed by atoms with van der Waals surface area (Å²) in [4.78, 5) is 23.1. The Balaban J connectivity index is 2.51. The molecule has 104 valence electrons. The molecule has 1 aliphatic carbocycles. The number of carbonyl (C=O) groups excluding carboxylic acids is 2. The number of rotatable bonds is 6. The fraction of sp³-hybridized carbons (Fsp3) is 0.857. The second kappa shape index (κ2) is 7.52. The Hall–Kier alpha value is -0.900. The molecule has 3 atom stereocenters. The first-order valence-electron chi connectivity index (χ1n) is 6.96. The third kappa shape index (κ3) is 4.77. The maximum atomic E-state index is 11.6. The number of esters is 1. The second-order valence-electron chi connectivity index (χ2n) is 5.21. The third-order valence-corrected chi connectivity index (χ3v) is 3.69. The van der Waals surface area contributed by atoms with Crippen molar-refractivity contribution < 1.29 is 14.3 Å². The minimum atomic E-state index is -0.394. The van der Waals surface area contributed by atoms with Crippen molar-refractivity contribution in [3.63, 3.8) is 0 Å². The molecule has 1 rings (SSSR count). The molecule has 4 heteroatoms. The van der Waals surface area contributed by atoms with Crippen LogP contribution in [0.3, 0.4) is 0 Å². The molecular weight excluding hydrogens is 230 g/mol. The number of hydrogen-bond donors (Lipinski definition) is 1. The van der Waals surface area contributed by atoms with Gasteiger partial charge in [-0.25, -0.2) is 0 Å². The van der Waals surface area contributed by atoms with E-state index < -0.39 is 6.04 Å². The Labute approximate surface area is 109 Å². The molecule has 18 heavy (non-hydrogen) atoms. The highest BCUT2D eigenvalue weighted by molar-refractivity contribution is 5.86. The van der Waals surface area contributed by atoms with E-state index in [-0.39, 0.29) is 18.2 Å². The van der Waals surface area contributed by atoms with Crippen LogP contribution in [0, 0.1) is 5.92 Å². The summed E-state index contributed by atoms with van der Waals surface area (Å²) in [7, 11) is 0. The molecule has 1 N–H and O–H groups in total. The van der Waals surface area contributed by atoms with E-state index in [4.69, 9.17) is 4.74 Å². The number of ketones is 1. The van der Waals surface area contributed by atoms with Gasteiger partial charge in [0.2, 0.25) is 0 Å². The van der Waals surface area contributed by atoms with Gasteiger partial charge in [-0.1, -0.05) is 19.8 Å². The van der Waals surface area contributed by atoms with Crippen molar-refractivity contribution in [3.05, 3.63) is 0 Å². The zero-order chi connectivity index (χ0) is 13.5. The van der Waals surface area contributed by atoms with Crippen LogP contribution in [-0.2, 0) is 14.3 Å². The van der Waals surface area contributed by atoms with Crippen LogP contribution in [0.1, 0.15) is 52.9 Å². The molecule has 0 amide bonds. The predicted octanol–water partition coefficient (Wildman–Crippen LogP) is 2.07. The topological polar surface area (TPSA) is 55.4 Å². The summed E-state index contributed by atoms with van der Waals surface area (Å²) in [6.07, 6.45) is 4.90. The Morgan fingerprint density at radius 2 is 2.00 bits per heavy atom. The first kappa shape index (κ1) is 15.2. The Bertz CT molecular complexity index is 291. The van der Waals surface area contributed by atoms with E-state index in [9.17, 15) is 9.59 Å². The average molecular weight is 255 g/mol. The molecule has 1 saturated carbocycles. The standard InChI is InChI=1S/C14H25NO3/c1-4-18-14(17)9-13(11(3)16)15-12-8-6-5-7-10(12)2/h10,12-13,15H,4-9H2,1-3H3. The summed E-state index contributed by atoms with van der Waals surface area (Å²) in [5.74, 6) is 0.289. The zero-order valence-corrected chi connectivity index (χ0v) is 11.7. The van der Waals surface area contributed by atoms with E-state index in [1.54, 1.807) is 6.92 Å². The normalized spacial score (nSPS) is 25.5. The SMILES string of the molecule is CCOC(=O)CC(NC1CCCCC1C)C(C)=O. The van der Waals surface area contributed by atoms with Crippen molar-refractivity contribution in [2.24, 2.45) is 5.92 Å². The largest absolute Gasteiger partial charge is 0.466 e. The lowest BCUT2D eigenvalue weighted by molar-refractivity contribution is -0.145. The van der Waals surface area contributed by atoms with Gasteiger partial charge in [0.05, 0.1) is 19.1 Å². The van der Waals surface area contributed by atoms with Crippen molar-refractivity contribution in [3.8, 4) is 0 Å². The molecule has 0 aromatic rings. The van der Waals surface area contributed by atoms with Gasteiger partial charge in [-0.05, 0) is 32.6 Å². The smallest absolute Gasteiger partial charge is 0.307 e. The van der Waals surface area contributed by atoms with Gasteiger partial charge < -0.3 is 10.1 Å². The maximum absolute atomic E-state index is 11.6. The first-order valence-corrected chi connectivity index (χ1v) is 6.96. The molecule has 0 radical (unpaired) electrons. The lowest BCUT2D eigenvalue weighted by atomic mass is 9.85. The summed E-state index contributed by atoms with van der Waals surface area (Å²) < 4.78 is 4.91. The molecule has 0 bridgehead atoms. The van der Waals surface area contributed by atoms with Gasteiger partial charge >= 0.3 is 5.97 Å². The van der Waals surface area contributed by atoms with Crippen LogP contribution >= 0.6 is 0 Å². The van der Waals surface area contributed by atoms with Crippen LogP contribution in [0.4, 0.5) is 0 Å². The predicted molar refractivity (Wildman–Crippen MR) is 70.3 cm³/mol. The molecule has 0 spiro atoms. The van der Waals surface area contributed by atoms with Crippen molar-refractivity contribution in [2.45, 2.75) is 65.0 Å². The molecule has 4 nitrogen and oxygen atoms in total. The van der Waals surface area contributed by atoms with E-state index in [2.05, 4.69) is 12.2 Å². The Kier molecular flexibility index (Phi) is 6.33. The Morgan fingerprint density at radius 3 is 2.56 bits per heavy atom. The van der Waals surface area contributed by atoms with Crippen molar-refractivity contribution >= 4 is 11.8 Å². The van der Waals surface area contributed by atoms with Crippen molar-refractivity contribution in [1.29, 1.82) is 0 Å². The number of carbonyl (C=O) groups is 2. The second-order valence-corrected chi connectivity index (χ2v) is 5.21. The van der Waals surface area contributed by atoms with Crippen LogP contribution in [0.25, 0.3) is 0 Å². The minimum absolute atomic E-state index is 0.0147. The molecule has 0 heterocycles. The van der Waals surface area contributed by atoms with Gasteiger partial charge in [-0.3, -0.25) is 9.59 Å². The fourth-order valence-electron chi connectivity index (χ4n) is 2.53. The van der Waals surface area contributed by atoms with E-state index >= 15 is 0 Å². The van der Waals surface area contributed by atoms with Crippen molar-refractivity contribution in [2.75, 3.05) is 6.61 Å². The molecule has 0 aliphatic heterocycles. The van der Waals surface area contributed by atoms with Gasteiger partial charge in [0.25, 0.3) is 0 Å². The maximum Gasteiger partial charge on any atom is 0.307 e. The van der Waals surface area contributed by atoms with Gasteiger partial charge in [0, 0.05) is 6.04 Å². The van der Waals surface area contributed by atoms with Crippen molar-refractivity contribution in [1.82, 2.24) is 5.32 Å². The number of ether oxygens (including phenoxy) is 1. The van der Waals surface area contributed by atoms with Gasteiger partial charge in [0.1, 0.15) is 5.78 Å². The number of Topliss-reactive ketones (excluding diaryl/α,β-unsaturated/α-hetero) is 1. The van der Waals surface area contributed by atoms with E-state index in [0.717, 1.165) is 6.42 Å². The van der Waals surface area contributed by atoms with E-state index in [0.29, 0.717) is 18.6 Å². The summed E-state index contributed by atoms with van der Waals surface area (Å²) >= 11 is 0. The van der Waals surface area contributed by atoms with Gasteiger partial charge in [0.15, 0.2) is 0 Å². The van der Waals surface area contributed by atoms with Crippen LogP contribution < -0.4 is 5.32 Å². The van der Waals surface area contributed by atoms with E-state index in [1.807, 2.05) is 0 Å². The van der Waals surface area contributed by atoms with Gasteiger partial charge in [-0.2, -0.15) is 0 Å². The van der Waals surface area contributed by atoms with Gasteiger partial charge in [-0.15, -0.1) is 0 Å². The summed E-state index contributed by atoms with van der Waals surface area (Å²) in [6.45, 7) is 5.88. The quantitative estimate of drug-likeness (QED) is 0.738. The molecule has 3 unspecified atom stereocenters. The lowest BCUT2D eigenvalue weighted by Crippen LogP contribution is -2.47. The number of nitrogens with one attached hydrogen (secondary N) is 1. The molecule has 1 aliphatic rings. The molecule has 0 aromatic carbocycles. The van der Waals surface area contributed by atoms with Crippen LogP contribution in [-0.4, -0.2) is 30.4 Å².